The van der Waals surface area contributed by atoms with Crippen molar-refractivity contribution < 1.29 is 0 Å². The Kier molecular flexibility index (Phi) is 6.95. The predicted octanol–water partition coefficient (Wildman–Crippen LogP) is 5.25. The molecule has 1 heterocycles. The van der Waals surface area contributed by atoms with Gasteiger partial charge in [-0.05, 0) is 16.5 Å². The van der Waals surface area contributed by atoms with Gasteiger partial charge in [-0.15, -0.1) is 12.4 Å². The van der Waals surface area contributed by atoms with Crippen LogP contribution < -0.4 is 0 Å². The van der Waals surface area contributed by atoms with E-state index in [1.165, 1.54) is 5.56 Å². The second-order valence-corrected chi connectivity index (χ2v) is 7.51. The normalized spacial score (nSPS) is 14.7. The zero-order chi connectivity index (χ0) is 18.6. The van der Waals surface area contributed by atoms with E-state index >= 15 is 0 Å². The number of piperazine rings is 1. The van der Waals surface area contributed by atoms with Crippen LogP contribution in [-0.4, -0.2) is 41.8 Å². The van der Waals surface area contributed by atoms with Gasteiger partial charge >= 0.3 is 0 Å². The fourth-order valence-corrected chi connectivity index (χ4v) is 4.03. The van der Waals surface area contributed by atoms with Crippen LogP contribution in [0.15, 0.2) is 66.7 Å². The third kappa shape index (κ3) is 4.67. The SMILES string of the molecule is Cl.N=C(Cc1ccc2ccccc2c1Cl)N1CCN(Cc2ccccc2)CC1. The number of nitrogens with zero attached hydrogens (tertiary/aromatic N) is 2. The van der Waals surface area contributed by atoms with E-state index in [9.17, 15) is 0 Å². The third-order valence-corrected chi connectivity index (χ3v) is 5.75. The molecule has 0 amide bonds. The topological polar surface area (TPSA) is 30.3 Å². The number of hydrogen-bond acceptors (Lipinski definition) is 2. The van der Waals surface area contributed by atoms with E-state index < -0.39 is 0 Å². The van der Waals surface area contributed by atoms with Crippen molar-refractivity contribution >= 4 is 40.6 Å². The summed E-state index contributed by atoms with van der Waals surface area (Å²) in [6, 6.07) is 22.9. The molecule has 5 heteroatoms. The lowest BCUT2D eigenvalue weighted by molar-refractivity contribution is 0.173. The second kappa shape index (κ2) is 9.42. The Bertz CT molecular complexity index is 935. The van der Waals surface area contributed by atoms with Crippen molar-refractivity contribution in [2.75, 3.05) is 26.2 Å². The van der Waals surface area contributed by atoms with Gasteiger partial charge in [0, 0.05) is 44.5 Å². The number of amidine groups is 1. The molecule has 0 saturated carbocycles. The van der Waals surface area contributed by atoms with Crippen molar-refractivity contribution in [2.24, 2.45) is 0 Å². The van der Waals surface area contributed by atoms with E-state index in [0.29, 0.717) is 12.3 Å². The Balaban J connectivity index is 0.00000225. The van der Waals surface area contributed by atoms with Gasteiger partial charge in [-0.2, -0.15) is 0 Å². The highest BCUT2D eigenvalue weighted by molar-refractivity contribution is 6.36. The molecular weight excluding hydrogens is 389 g/mol. The molecule has 0 aliphatic carbocycles. The van der Waals surface area contributed by atoms with E-state index in [1.807, 2.05) is 18.2 Å². The molecule has 0 spiro atoms. The van der Waals surface area contributed by atoms with E-state index in [4.69, 9.17) is 17.0 Å². The summed E-state index contributed by atoms with van der Waals surface area (Å²) in [7, 11) is 0. The number of nitrogens with one attached hydrogen (secondary N) is 1. The highest BCUT2D eigenvalue weighted by atomic mass is 35.5. The molecule has 1 N–H and O–H groups in total. The van der Waals surface area contributed by atoms with E-state index in [-0.39, 0.29) is 12.4 Å². The number of rotatable bonds is 4. The quantitative estimate of drug-likeness (QED) is 0.467. The van der Waals surface area contributed by atoms with Crippen LogP contribution in [0.5, 0.6) is 0 Å². The number of benzene rings is 3. The van der Waals surface area contributed by atoms with Crippen molar-refractivity contribution in [2.45, 2.75) is 13.0 Å². The minimum atomic E-state index is 0. The molecule has 1 aliphatic heterocycles. The predicted molar refractivity (Wildman–Crippen MR) is 121 cm³/mol. The molecular formula is C23H25Cl2N3. The molecule has 0 aromatic heterocycles. The largest absolute Gasteiger partial charge is 0.358 e. The molecule has 28 heavy (non-hydrogen) atoms. The minimum Gasteiger partial charge on any atom is -0.358 e. The van der Waals surface area contributed by atoms with Crippen LogP contribution in [0, 0.1) is 5.41 Å². The third-order valence-electron chi connectivity index (χ3n) is 5.30. The average Bonchev–Trinajstić information content (AvgIpc) is 2.71. The zero-order valence-corrected chi connectivity index (χ0v) is 17.3. The second-order valence-electron chi connectivity index (χ2n) is 7.13. The lowest BCUT2D eigenvalue weighted by Gasteiger charge is -2.36. The van der Waals surface area contributed by atoms with Crippen LogP contribution in [-0.2, 0) is 13.0 Å². The van der Waals surface area contributed by atoms with Crippen molar-refractivity contribution in [3.63, 3.8) is 0 Å². The fourth-order valence-electron chi connectivity index (χ4n) is 3.72. The molecule has 0 radical (unpaired) electrons. The maximum atomic E-state index is 8.56. The maximum Gasteiger partial charge on any atom is 0.100 e. The summed E-state index contributed by atoms with van der Waals surface area (Å²) in [5, 5.41) is 11.6. The Morgan fingerprint density at radius 2 is 1.54 bits per heavy atom. The first kappa shape index (κ1) is 20.7. The van der Waals surface area contributed by atoms with Crippen molar-refractivity contribution in [1.29, 1.82) is 5.41 Å². The molecule has 3 aromatic rings. The molecule has 1 aliphatic rings. The van der Waals surface area contributed by atoms with Gasteiger partial charge in [0.25, 0.3) is 0 Å². The van der Waals surface area contributed by atoms with Crippen LogP contribution in [0.3, 0.4) is 0 Å². The van der Waals surface area contributed by atoms with Gasteiger partial charge in [-0.3, -0.25) is 10.3 Å². The van der Waals surface area contributed by atoms with E-state index in [2.05, 4.69) is 58.3 Å². The van der Waals surface area contributed by atoms with Gasteiger partial charge in [0.1, 0.15) is 5.84 Å². The van der Waals surface area contributed by atoms with Gasteiger partial charge in [0.2, 0.25) is 0 Å². The standard InChI is InChI=1S/C23H24ClN3.ClH/c24-23-20(11-10-19-8-4-5-9-21(19)23)16-22(25)27-14-12-26(13-15-27)17-18-6-2-1-3-7-18;/h1-11,25H,12-17H2;1H. The number of hydrogen-bond donors (Lipinski definition) is 1. The van der Waals surface area contributed by atoms with Crippen molar-refractivity contribution in [3.8, 4) is 0 Å². The Morgan fingerprint density at radius 3 is 2.29 bits per heavy atom. The lowest BCUT2D eigenvalue weighted by atomic mass is 10.0. The minimum absolute atomic E-state index is 0. The van der Waals surface area contributed by atoms with Gasteiger partial charge in [0.15, 0.2) is 0 Å². The highest BCUT2D eigenvalue weighted by Crippen LogP contribution is 2.28. The molecule has 1 fully saturated rings. The first-order chi connectivity index (χ1) is 13.2. The Morgan fingerprint density at radius 1 is 0.857 bits per heavy atom. The van der Waals surface area contributed by atoms with E-state index in [1.54, 1.807) is 0 Å². The smallest absolute Gasteiger partial charge is 0.100 e. The van der Waals surface area contributed by atoms with Crippen LogP contribution in [0.4, 0.5) is 0 Å². The fraction of sp³-hybridized carbons (Fsp3) is 0.261. The maximum absolute atomic E-state index is 8.56. The summed E-state index contributed by atoms with van der Waals surface area (Å²) in [4.78, 5) is 4.65. The first-order valence-electron chi connectivity index (χ1n) is 9.45. The summed E-state index contributed by atoms with van der Waals surface area (Å²) in [5.41, 5.74) is 2.39. The summed E-state index contributed by atoms with van der Waals surface area (Å²) in [6.07, 6.45) is 0.586. The first-order valence-corrected chi connectivity index (χ1v) is 9.83. The molecule has 1 saturated heterocycles. The monoisotopic (exact) mass is 413 g/mol. The van der Waals surface area contributed by atoms with Gasteiger partial charge in [0.05, 0.1) is 5.02 Å². The van der Waals surface area contributed by atoms with Crippen molar-refractivity contribution in [1.82, 2.24) is 9.80 Å². The summed E-state index contributed by atoms with van der Waals surface area (Å²) in [5.74, 6) is 0.659. The summed E-state index contributed by atoms with van der Waals surface area (Å²) in [6.45, 7) is 4.76. The van der Waals surface area contributed by atoms with Crippen LogP contribution in [0.2, 0.25) is 5.02 Å². The molecule has 3 nitrogen and oxygen atoms in total. The Hall–Kier alpha value is -2.07. The van der Waals surface area contributed by atoms with Gasteiger partial charge < -0.3 is 4.90 Å². The lowest BCUT2D eigenvalue weighted by Crippen LogP contribution is -2.48. The molecule has 0 atom stereocenters. The number of fused-ring (bicyclic) bond motifs is 1. The average molecular weight is 414 g/mol. The van der Waals surface area contributed by atoms with Gasteiger partial charge in [-0.1, -0.05) is 78.3 Å². The molecule has 146 valence electrons. The molecule has 0 bridgehead atoms. The van der Waals surface area contributed by atoms with Crippen molar-refractivity contribution in [3.05, 3.63) is 82.9 Å². The van der Waals surface area contributed by atoms with Crippen LogP contribution >= 0.6 is 24.0 Å². The highest BCUT2D eigenvalue weighted by Gasteiger charge is 2.20. The zero-order valence-electron chi connectivity index (χ0n) is 15.8. The summed E-state index contributed by atoms with van der Waals surface area (Å²) >= 11 is 6.61. The molecule has 0 unspecified atom stereocenters. The Labute approximate surface area is 177 Å². The molecule has 4 rings (SSSR count). The van der Waals surface area contributed by atoms with Crippen LogP contribution in [0.1, 0.15) is 11.1 Å². The summed E-state index contributed by atoms with van der Waals surface area (Å²) < 4.78 is 0. The number of halogens is 2. The van der Waals surface area contributed by atoms with E-state index in [0.717, 1.165) is 54.1 Å². The molecule has 3 aromatic carbocycles. The van der Waals surface area contributed by atoms with Gasteiger partial charge in [-0.25, -0.2) is 0 Å². The van der Waals surface area contributed by atoms with Crippen LogP contribution in [0.25, 0.3) is 10.8 Å².